The van der Waals surface area contributed by atoms with Gasteiger partial charge in [-0.3, -0.25) is 0 Å². The molecule has 0 radical (unpaired) electrons. The van der Waals surface area contributed by atoms with Gasteiger partial charge in [-0.15, -0.1) is 0 Å². The van der Waals surface area contributed by atoms with Gasteiger partial charge in [0.1, 0.15) is 0 Å². The van der Waals surface area contributed by atoms with Crippen molar-refractivity contribution in [3.05, 3.63) is 0 Å². The minimum atomic E-state index is 0.976. The first kappa shape index (κ1) is 11.0. The van der Waals surface area contributed by atoms with Crippen molar-refractivity contribution in [2.75, 3.05) is 33.2 Å². The van der Waals surface area contributed by atoms with Crippen LogP contribution in [0.15, 0.2) is 0 Å². The second-order valence-corrected chi connectivity index (χ2v) is 4.23. The Bertz CT molecular complexity index is 117. The Labute approximate surface area is 82.7 Å². The van der Waals surface area contributed by atoms with E-state index in [1.807, 2.05) is 0 Å². The van der Waals surface area contributed by atoms with Crippen LogP contribution < -0.4 is 5.32 Å². The number of nitrogens with one attached hydrogen (secondary N) is 1. The molecule has 1 fully saturated rings. The summed E-state index contributed by atoms with van der Waals surface area (Å²) >= 11 is 0. The largest absolute Gasteiger partial charge is 0.317 e. The molecule has 0 aromatic carbocycles. The number of hydrogen-bond donors (Lipinski definition) is 1. The smallest absolute Gasteiger partial charge is 0.00193 e. The summed E-state index contributed by atoms with van der Waals surface area (Å²) in [5.74, 6) is 0.976. The lowest BCUT2D eigenvalue weighted by molar-refractivity contribution is 0.302. The molecule has 0 spiro atoms. The summed E-state index contributed by atoms with van der Waals surface area (Å²) < 4.78 is 0. The lowest BCUT2D eigenvalue weighted by atomic mass is 9.97. The molecule has 78 valence electrons. The second kappa shape index (κ2) is 6.39. The van der Waals surface area contributed by atoms with E-state index in [9.17, 15) is 0 Å². The average Bonchev–Trinajstić information content (AvgIpc) is 2.42. The maximum Gasteiger partial charge on any atom is -0.00193 e. The van der Waals surface area contributed by atoms with Gasteiger partial charge in [0.05, 0.1) is 0 Å². The lowest BCUT2D eigenvalue weighted by Gasteiger charge is -2.18. The zero-order chi connectivity index (χ0) is 9.52. The molecule has 0 saturated carbocycles. The highest BCUT2D eigenvalue weighted by atomic mass is 15.1. The normalized spacial score (nSPS) is 24.7. The quantitative estimate of drug-likeness (QED) is 0.715. The van der Waals surface area contributed by atoms with Crippen molar-refractivity contribution in [2.45, 2.75) is 32.6 Å². The summed E-state index contributed by atoms with van der Waals surface area (Å²) in [5.41, 5.74) is 0. The van der Waals surface area contributed by atoms with Crippen molar-refractivity contribution >= 4 is 0 Å². The van der Waals surface area contributed by atoms with E-state index in [2.05, 4.69) is 24.2 Å². The molecule has 0 aliphatic carbocycles. The van der Waals surface area contributed by atoms with Crippen molar-refractivity contribution in [1.82, 2.24) is 10.2 Å². The van der Waals surface area contributed by atoms with Crippen LogP contribution in [-0.4, -0.2) is 38.1 Å². The van der Waals surface area contributed by atoms with E-state index in [-0.39, 0.29) is 0 Å². The minimum Gasteiger partial charge on any atom is -0.317 e. The summed E-state index contributed by atoms with van der Waals surface area (Å²) in [6, 6.07) is 0. The van der Waals surface area contributed by atoms with Gasteiger partial charge in [0, 0.05) is 0 Å². The molecule has 1 rings (SSSR count). The minimum absolute atomic E-state index is 0.976. The first-order valence-electron chi connectivity index (χ1n) is 5.72. The molecule has 0 aromatic rings. The average molecular weight is 184 g/mol. The molecule has 1 heterocycles. The molecular weight excluding hydrogens is 160 g/mol. The second-order valence-electron chi connectivity index (χ2n) is 4.23. The zero-order valence-corrected chi connectivity index (χ0v) is 9.18. The van der Waals surface area contributed by atoms with E-state index < -0.39 is 0 Å². The highest BCUT2D eigenvalue weighted by Gasteiger charge is 2.11. The molecule has 1 aliphatic heterocycles. The van der Waals surface area contributed by atoms with Crippen LogP contribution in [0, 0.1) is 5.92 Å². The van der Waals surface area contributed by atoms with Crippen LogP contribution >= 0.6 is 0 Å². The van der Waals surface area contributed by atoms with Gasteiger partial charge in [0.15, 0.2) is 0 Å². The first-order chi connectivity index (χ1) is 6.33. The van der Waals surface area contributed by atoms with Crippen molar-refractivity contribution in [3.63, 3.8) is 0 Å². The number of nitrogens with zero attached hydrogens (tertiary/aromatic N) is 1. The molecule has 0 amide bonds. The summed E-state index contributed by atoms with van der Waals surface area (Å²) in [6.07, 6.45) is 5.59. The molecule has 1 atom stereocenters. The van der Waals surface area contributed by atoms with Crippen LogP contribution in [0.3, 0.4) is 0 Å². The standard InChI is InChI=1S/C11H24N2/c1-3-13(2)10-7-11-5-4-8-12-9-6-11/h11-12H,3-10H2,1-2H3. The monoisotopic (exact) mass is 184 g/mol. The van der Waals surface area contributed by atoms with Crippen LogP contribution in [0.1, 0.15) is 32.6 Å². The molecule has 2 nitrogen and oxygen atoms in total. The van der Waals surface area contributed by atoms with E-state index in [0.29, 0.717) is 0 Å². The molecule has 0 aromatic heterocycles. The molecule has 1 aliphatic rings. The van der Waals surface area contributed by atoms with Crippen LogP contribution in [0.4, 0.5) is 0 Å². The first-order valence-corrected chi connectivity index (χ1v) is 5.72. The van der Waals surface area contributed by atoms with E-state index in [1.165, 1.54) is 51.9 Å². The molecule has 2 heteroatoms. The summed E-state index contributed by atoms with van der Waals surface area (Å²) in [6.45, 7) is 7.17. The molecule has 1 N–H and O–H groups in total. The van der Waals surface area contributed by atoms with Gasteiger partial charge < -0.3 is 10.2 Å². The molecule has 13 heavy (non-hydrogen) atoms. The zero-order valence-electron chi connectivity index (χ0n) is 9.18. The van der Waals surface area contributed by atoms with E-state index in [1.54, 1.807) is 0 Å². The number of rotatable bonds is 4. The van der Waals surface area contributed by atoms with Gasteiger partial charge in [-0.25, -0.2) is 0 Å². The van der Waals surface area contributed by atoms with E-state index in [4.69, 9.17) is 0 Å². The fourth-order valence-electron chi connectivity index (χ4n) is 1.94. The summed E-state index contributed by atoms with van der Waals surface area (Å²) in [5, 5.41) is 3.47. The Morgan fingerprint density at radius 3 is 2.92 bits per heavy atom. The van der Waals surface area contributed by atoms with Crippen molar-refractivity contribution in [1.29, 1.82) is 0 Å². The molecular formula is C11H24N2. The lowest BCUT2D eigenvalue weighted by Crippen LogP contribution is -2.21. The molecule has 1 saturated heterocycles. The van der Waals surface area contributed by atoms with Crippen LogP contribution in [0.2, 0.25) is 0 Å². The van der Waals surface area contributed by atoms with Gasteiger partial charge in [-0.05, 0) is 64.8 Å². The Hall–Kier alpha value is -0.0800. The SMILES string of the molecule is CCN(C)CCC1CCCNCC1. The predicted molar refractivity (Wildman–Crippen MR) is 58.0 cm³/mol. The van der Waals surface area contributed by atoms with Gasteiger partial charge >= 0.3 is 0 Å². The fraction of sp³-hybridized carbons (Fsp3) is 1.00. The van der Waals surface area contributed by atoms with E-state index >= 15 is 0 Å². The topological polar surface area (TPSA) is 15.3 Å². The van der Waals surface area contributed by atoms with Gasteiger partial charge in [-0.2, -0.15) is 0 Å². The maximum atomic E-state index is 3.47. The highest BCUT2D eigenvalue weighted by Crippen LogP contribution is 2.17. The predicted octanol–water partition coefficient (Wildman–Crippen LogP) is 1.72. The maximum absolute atomic E-state index is 3.47. The molecule has 0 bridgehead atoms. The van der Waals surface area contributed by atoms with Crippen molar-refractivity contribution in [2.24, 2.45) is 5.92 Å². The third-order valence-corrected chi connectivity index (χ3v) is 3.15. The Morgan fingerprint density at radius 2 is 2.15 bits per heavy atom. The van der Waals surface area contributed by atoms with Gasteiger partial charge in [0.25, 0.3) is 0 Å². The summed E-state index contributed by atoms with van der Waals surface area (Å²) in [4.78, 5) is 2.42. The van der Waals surface area contributed by atoms with Gasteiger partial charge in [0.2, 0.25) is 0 Å². The van der Waals surface area contributed by atoms with Crippen molar-refractivity contribution in [3.8, 4) is 0 Å². The van der Waals surface area contributed by atoms with Gasteiger partial charge in [-0.1, -0.05) is 6.92 Å². The Balaban J connectivity index is 2.11. The highest BCUT2D eigenvalue weighted by molar-refractivity contribution is 4.67. The Morgan fingerprint density at radius 1 is 1.31 bits per heavy atom. The van der Waals surface area contributed by atoms with Crippen LogP contribution in [-0.2, 0) is 0 Å². The Kier molecular flexibility index (Phi) is 5.40. The van der Waals surface area contributed by atoms with Crippen LogP contribution in [0.25, 0.3) is 0 Å². The van der Waals surface area contributed by atoms with Crippen molar-refractivity contribution < 1.29 is 0 Å². The van der Waals surface area contributed by atoms with Crippen LogP contribution in [0.5, 0.6) is 0 Å². The number of hydrogen-bond acceptors (Lipinski definition) is 2. The molecule has 1 unspecified atom stereocenters. The third kappa shape index (κ3) is 4.63. The van der Waals surface area contributed by atoms with E-state index in [0.717, 1.165) is 5.92 Å². The fourth-order valence-corrected chi connectivity index (χ4v) is 1.94. The summed E-state index contributed by atoms with van der Waals surface area (Å²) in [7, 11) is 2.22. The third-order valence-electron chi connectivity index (χ3n) is 3.15.